The molecular formula is C15H22N10O3. The second-order valence-corrected chi connectivity index (χ2v) is 5.82. The van der Waals surface area contributed by atoms with Gasteiger partial charge in [0.15, 0.2) is 17.4 Å². The number of rotatable bonds is 8. The van der Waals surface area contributed by atoms with E-state index in [1.165, 1.54) is 27.8 Å². The highest BCUT2D eigenvalue weighted by Crippen LogP contribution is 2.35. The van der Waals surface area contributed by atoms with Gasteiger partial charge in [0.1, 0.15) is 23.0 Å². The summed E-state index contributed by atoms with van der Waals surface area (Å²) in [6, 6.07) is 1.38. The van der Waals surface area contributed by atoms with Crippen LogP contribution < -0.4 is 27.8 Å². The number of aromatic hydroxyl groups is 1. The number of aromatic nitrogens is 5. The monoisotopic (exact) mass is 390 g/mol. The van der Waals surface area contributed by atoms with E-state index >= 15 is 0 Å². The third-order valence-electron chi connectivity index (χ3n) is 3.94. The molecule has 0 saturated carbocycles. The van der Waals surface area contributed by atoms with Crippen molar-refractivity contribution >= 4 is 40.3 Å². The van der Waals surface area contributed by atoms with E-state index in [4.69, 9.17) is 27.4 Å². The number of aliphatic hydroxyl groups excluding tert-OH is 2. The molecule has 0 aliphatic rings. The topological polar surface area (TPSA) is 211 Å². The van der Waals surface area contributed by atoms with Gasteiger partial charge in [0.2, 0.25) is 0 Å². The maximum atomic E-state index is 9.95. The molecular weight excluding hydrogens is 368 g/mol. The van der Waals surface area contributed by atoms with Crippen molar-refractivity contribution in [2.24, 2.45) is 0 Å². The van der Waals surface area contributed by atoms with E-state index in [0.717, 1.165) is 0 Å². The lowest BCUT2D eigenvalue weighted by Crippen LogP contribution is -2.09. The third kappa shape index (κ3) is 3.70. The van der Waals surface area contributed by atoms with Crippen LogP contribution in [0.3, 0.4) is 0 Å². The Balaban J connectivity index is 1.93. The standard InChI is InChI=1S/C15H22N10O3/c16-12-11(28)5-8(21-9-6-19-24(1-3-26)13(9)17)15(23-12)22-10-7-20-25(2-4-27)14(10)18/h5-7,21,26-28H,1-4,17-18H2,(H3,16,22,23). The highest BCUT2D eigenvalue weighted by molar-refractivity contribution is 5.82. The van der Waals surface area contributed by atoms with Crippen LogP contribution in [-0.4, -0.2) is 53.1 Å². The highest BCUT2D eigenvalue weighted by Gasteiger charge is 2.16. The van der Waals surface area contributed by atoms with Crippen LogP contribution in [0.15, 0.2) is 18.5 Å². The molecule has 3 aromatic rings. The van der Waals surface area contributed by atoms with Gasteiger partial charge in [-0.2, -0.15) is 10.2 Å². The zero-order valence-electron chi connectivity index (χ0n) is 14.9. The van der Waals surface area contributed by atoms with Crippen LogP contribution in [0.1, 0.15) is 0 Å². The molecule has 28 heavy (non-hydrogen) atoms. The Labute approximate surface area is 159 Å². The van der Waals surface area contributed by atoms with E-state index in [0.29, 0.717) is 28.7 Å². The van der Waals surface area contributed by atoms with E-state index in [2.05, 4.69) is 25.8 Å². The molecule has 0 atom stereocenters. The number of hydrogen-bond donors (Lipinski definition) is 8. The summed E-state index contributed by atoms with van der Waals surface area (Å²) in [5, 5.41) is 42.2. The maximum Gasteiger partial charge on any atom is 0.168 e. The molecule has 0 bridgehead atoms. The van der Waals surface area contributed by atoms with Crippen LogP contribution in [-0.2, 0) is 13.1 Å². The van der Waals surface area contributed by atoms with Gasteiger partial charge >= 0.3 is 0 Å². The summed E-state index contributed by atoms with van der Waals surface area (Å²) in [6.07, 6.45) is 2.96. The lowest BCUT2D eigenvalue weighted by atomic mass is 10.3. The van der Waals surface area contributed by atoms with Gasteiger partial charge in [-0.15, -0.1) is 0 Å². The smallest absolute Gasteiger partial charge is 0.168 e. The number of nitrogen functional groups attached to an aromatic ring is 3. The normalized spacial score (nSPS) is 10.9. The van der Waals surface area contributed by atoms with Crippen molar-refractivity contribution in [1.82, 2.24) is 24.5 Å². The molecule has 0 aliphatic carbocycles. The maximum absolute atomic E-state index is 9.95. The molecule has 0 aromatic carbocycles. The minimum Gasteiger partial charge on any atom is -0.504 e. The Morgan fingerprint density at radius 1 is 0.857 bits per heavy atom. The summed E-state index contributed by atoms with van der Waals surface area (Å²) in [5.74, 6) is 0.548. The van der Waals surface area contributed by atoms with Crippen molar-refractivity contribution in [3.63, 3.8) is 0 Å². The summed E-state index contributed by atoms with van der Waals surface area (Å²) in [4.78, 5) is 4.14. The first-order valence-corrected chi connectivity index (χ1v) is 8.32. The molecule has 0 spiro atoms. The van der Waals surface area contributed by atoms with E-state index < -0.39 is 0 Å². The van der Waals surface area contributed by atoms with E-state index in [1.54, 1.807) is 0 Å². The molecule has 150 valence electrons. The minimum absolute atomic E-state index is 0.0849. The van der Waals surface area contributed by atoms with Crippen LogP contribution in [0.4, 0.5) is 40.3 Å². The fraction of sp³-hybridized carbons (Fsp3) is 0.267. The zero-order valence-corrected chi connectivity index (χ0v) is 14.9. The summed E-state index contributed by atoms with van der Waals surface area (Å²) in [7, 11) is 0. The molecule has 0 amide bonds. The van der Waals surface area contributed by atoms with E-state index in [-0.39, 0.29) is 43.7 Å². The molecule has 3 rings (SSSR count). The second kappa shape index (κ2) is 7.89. The largest absolute Gasteiger partial charge is 0.504 e. The van der Waals surface area contributed by atoms with Crippen molar-refractivity contribution in [3.8, 4) is 5.75 Å². The fourth-order valence-corrected chi connectivity index (χ4v) is 2.51. The molecule has 13 nitrogen and oxygen atoms in total. The van der Waals surface area contributed by atoms with Gasteiger partial charge in [0.05, 0.1) is 44.4 Å². The van der Waals surface area contributed by atoms with Gasteiger partial charge in [-0.25, -0.2) is 14.3 Å². The Hall–Kier alpha value is -3.71. The Morgan fingerprint density at radius 3 is 1.93 bits per heavy atom. The number of anilines is 7. The van der Waals surface area contributed by atoms with Gasteiger partial charge in [-0.05, 0) is 0 Å². The van der Waals surface area contributed by atoms with Crippen molar-refractivity contribution in [2.75, 3.05) is 41.0 Å². The predicted octanol–water partition coefficient (Wildman–Crippen LogP) is -0.601. The van der Waals surface area contributed by atoms with Gasteiger partial charge in [-0.3, -0.25) is 0 Å². The first-order chi connectivity index (χ1) is 13.4. The number of nitrogens with zero attached hydrogens (tertiary/aromatic N) is 5. The lowest BCUT2D eigenvalue weighted by Gasteiger charge is -2.14. The third-order valence-corrected chi connectivity index (χ3v) is 3.94. The molecule has 0 radical (unpaired) electrons. The van der Waals surface area contributed by atoms with Crippen molar-refractivity contribution in [3.05, 3.63) is 18.5 Å². The van der Waals surface area contributed by atoms with E-state index in [9.17, 15) is 5.11 Å². The first-order valence-electron chi connectivity index (χ1n) is 8.32. The first kappa shape index (κ1) is 19.1. The predicted molar refractivity (Wildman–Crippen MR) is 104 cm³/mol. The molecule has 13 heteroatoms. The van der Waals surface area contributed by atoms with E-state index in [1.807, 2.05) is 0 Å². The van der Waals surface area contributed by atoms with Gasteiger partial charge < -0.3 is 43.2 Å². The van der Waals surface area contributed by atoms with Crippen LogP contribution in [0, 0.1) is 0 Å². The second-order valence-electron chi connectivity index (χ2n) is 5.82. The van der Waals surface area contributed by atoms with Crippen molar-refractivity contribution < 1.29 is 15.3 Å². The number of hydrogen-bond acceptors (Lipinski definition) is 11. The molecule has 3 heterocycles. The molecule has 0 fully saturated rings. The highest BCUT2D eigenvalue weighted by atomic mass is 16.3. The van der Waals surface area contributed by atoms with Gasteiger partial charge in [0.25, 0.3) is 0 Å². The Morgan fingerprint density at radius 2 is 1.39 bits per heavy atom. The molecule has 3 aromatic heterocycles. The summed E-state index contributed by atoms with van der Waals surface area (Å²) >= 11 is 0. The SMILES string of the molecule is Nc1nc(Nc2cnn(CCO)c2N)c(Nc2cnn(CCO)c2N)cc1O. The molecule has 0 saturated heterocycles. The average Bonchev–Trinajstić information content (AvgIpc) is 3.18. The van der Waals surface area contributed by atoms with Crippen molar-refractivity contribution in [2.45, 2.75) is 13.1 Å². The fourth-order valence-electron chi connectivity index (χ4n) is 2.51. The quantitative estimate of drug-likeness (QED) is 0.243. The minimum atomic E-state index is -0.224. The molecule has 11 N–H and O–H groups in total. The van der Waals surface area contributed by atoms with Crippen LogP contribution in [0.5, 0.6) is 5.75 Å². The average molecular weight is 390 g/mol. The Bertz CT molecular complexity index is 890. The summed E-state index contributed by atoms with van der Waals surface area (Å²) < 4.78 is 2.85. The number of aliphatic hydroxyl groups is 2. The van der Waals surface area contributed by atoms with Crippen LogP contribution in [0.2, 0.25) is 0 Å². The van der Waals surface area contributed by atoms with Crippen LogP contribution >= 0.6 is 0 Å². The summed E-state index contributed by atoms with van der Waals surface area (Å²) in [6.45, 7) is 0.258. The van der Waals surface area contributed by atoms with Gasteiger partial charge in [-0.1, -0.05) is 0 Å². The Kier molecular flexibility index (Phi) is 5.37. The number of pyridine rings is 1. The van der Waals surface area contributed by atoms with Gasteiger partial charge in [0, 0.05) is 6.07 Å². The molecule has 0 aliphatic heterocycles. The number of nitrogens with two attached hydrogens (primary N) is 3. The van der Waals surface area contributed by atoms with Crippen molar-refractivity contribution in [1.29, 1.82) is 0 Å². The summed E-state index contributed by atoms with van der Waals surface area (Å²) in [5.41, 5.74) is 19.0. The van der Waals surface area contributed by atoms with Crippen LogP contribution in [0.25, 0.3) is 0 Å². The zero-order chi connectivity index (χ0) is 20.3. The lowest BCUT2D eigenvalue weighted by molar-refractivity contribution is 0.270. The number of nitrogens with one attached hydrogen (secondary N) is 2. The molecule has 0 unspecified atom stereocenters.